The molecule has 2 aliphatic carbocycles. The molecule has 2 fully saturated rings. The molecule has 3 heterocycles. The summed E-state index contributed by atoms with van der Waals surface area (Å²) >= 11 is 17.7. The number of ether oxygens (including phenoxy) is 13. The molecule has 0 saturated heterocycles. The normalized spacial score (nSPS) is 21.0. The number of benzene rings is 6. The summed E-state index contributed by atoms with van der Waals surface area (Å²) in [7, 11) is -2.10. The maximum atomic E-state index is 13.7. The van der Waals surface area contributed by atoms with Gasteiger partial charge in [-0.25, -0.2) is 9.59 Å². The summed E-state index contributed by atoms with van der Waals surface area (Å²) in [6, 6.07) is 35.2. The summed E-state index contributed by atoms with van der Waals surface area (Å²) in [5.41, 5.74) is -0.658. The molecule has 11 atom stereocenters. The second-order valence-corrected chi connectivity index (χ2v) is 62.4. The smallest absolute Gasteiger partial charge is 1.00 e. The van der Waals surface area contributed by atoms with Crippen molar-refractivity contribution in [1.82, 2.24) is 0 Å². The standard InChI is InChI=1S/C22H33O5P.C13H20IO3P.C13H21O3P.C12H17O3P.C11H19ClO2.C11H15O3P.C8H9O2.C4H9.CH3Cl2P.ClH.Li.Mg.H2O2/c1-14(2)16-11-10-15(3)12-19(16)27-21(23)26-18-9-7-8-17-20(18)28(24,13-25-17)22(4,5)6;1-13(2,3)18(15,9-14)12-10(16-4)7-6-8-11(12)17-5;1-13(2,3)17(6,14)12-10(15-4)8-7-9-11(12)16-5;1-12(2,3)16(13)8-15-10-7-5-6-9(14-4)11(10)16;1-7(2)9-5-4-8(3)6-10(9)14-11(12)13;1-11(2,3)15(13)7-14-9-6-4-5-8(12)10(9)15;1-9-7-4-3-5-8(6-7)10-2;2*1-4(2)3;;;;1-2/h7-9,14-16,19H,10-13H2,1-6H3;6-8H,9H2,1-5H3;7-9H,1-6H3;5-7H,8H2,1-4H3;7-10H,4-6H2,1-3H3;4-6,12H,7H2,1-3H3;3-5H,1-2H3;1-3H3;1H3;1H;;;1-2H/q;;;;;;2*-1;;;+1;+2;/p-1/t15-,16+,19-,28-;;;;8-,9+,10-;15-;;;;;;;/m0...00......./s1. The van der Waals surface area contributed by atoms with Crippen LogP contribution in [0.4, 0.5) is 9.59 Å². The van der Waals surface area contributed by atoms with Crippen molar-refractivity contribution in [3.63, 3.8) is 0 Å². The fourth-order valence-corrected chi connectivity index (χ4v) is 30.0. The number of phenols is 1. The van der Waals surface area contributed by atoms with E-state index >= 15 is 0 Å². The maximum absolute atomic E-state index is 13.7. The zero-order valence-corrected chi connectivity index (χ0v) is 95.8. The van der Waals surface area contributed by atoms with Gasteiger partial charge in [0.1, 0.15) is 108 Å². The fourth-order valence-electron chi connectivity index (χ4n) is 14.3. The largest absolute Gasteiger partial charge is 2.00 e. The minimum absolute atomic E-state index is 0. The van der Waals surface area contributed by atoms with Crippen LogP contribution in [0.5, 0.6) is 69.0 Å². The van der Waals surface area contributed by atoms with E-state index in [0.29, 0.717) is 119 Å². The van der Waals surface area contributed by atoms with Crippen LogP contribution in [0.2, 0.25) is 0 Å². The zero-order chi connectivity index (χ0) is 98.4. The average molecular weight is 2140 g/mol. The van der Waals surface area contributed by atoms with Gasteiger partial charge in [-0.15, -0.1) is 12.1 Å². The van der Waals surface area contributed by atoms with Gasteiger partial charge in [0, 0.05) is 48.9 Å². The Labute approximate surface area is 848 Å². The number of rotatable bonds is 15. The molecular formula is C95H148Cl4ILiMgO23P6. The third-order valence-electron chi connectivity index (χ3n) is 22.6. The van der Waals surface area contributed by atoms with Gasteiger partial charge in [0.2, 0.25) is 0 Å². The molecule has 2 saturated carbocycles. The van der Waals surface area contributed by atoms with E-state index in [1.54, 1.807) is 99.5 Å². The van der Waals surface area contributed by atoms with E-state index < -0.39 is 59.1 Å². The van der Waals surface area contributed by atoms with Crippen LogP contribution in [-0.2, 0) is 32.3 Å². The van der Waals surface area contributed by atoms with E-state index in [2.05, 4.69) is 91.0 Å². The van der Waals surface area contributed by atoms with Crippen LogP contribution in [0.25, 0.3) is 0 Å². The SMILES string of the molecule is CC(C)(C)[P@]1(=O)COc2cccc(O)c21.CC(C)[C@H]1CC[C@H](C)C[C@@H]1OC(=O)Cl.CC(C)[C@H]1CC[C@H](C)C[C@@H]1OC(=O)Oc1cccc2c1[P@](=O)(C(C)(C)C)CO2.COc1[c-]c(OC)ccc1.COc1cccc(OC)c1P(=O)(CI)C(C)(C)C.COc1cccc(OC)c1P(C)(=O)C(C)(C)C.COc1cccc2c1P(=O)(C(C)(C)C)CO2.CP(Cl)Cl.C[C-](C)C.OO.[Cl-].[Li+].[Mg+2]. The molecule has 0 radical (unpaired) electrons. The number of halogens is 5. The minimum atomic E-state index is -2.87. The van der Waals surface area contributed by atoms with E-state index in [0.717, 1.165) is 42.7 Å². The summed E-state index contributed by atoms with van der Waals surface area (Å²) in [5.74, 6) is 11.2. The van der Waals surface area contributed by atoms with Crippen molar-refractivity contribution in [2.45, 2.75) is 243 Å². The van der Waals surface area contributed by atoms with Crippen molar-refractivity contribution in [1.29, 1.82) is 0 Å². The minimum Gasteiger partial charge on any atom is -1.00 e. The quantitative estimate of drug-likeness (QED) is 0.00822. The number of carbonyl (C=O) groups excluding carboxylic acids is 2. The third kappa shape index (κ3) is 36.3. The monoisotopic (exact) mass is 2140 g/mol. The van der Waals surface area contributed by atoms with E-state index in [1.165, 1.54) is 12.3 Å². The first-order chi connectivity index (χ1) is 59.2. The van der Waals surface area contributed by atoms with Crippen LogP contribution in [-0.4, -0.2) is 175 Å². The van der Waals surface area contributed by atoms with Crippen molar-refractivity contribution < 1.29 is 141 Å². The molecule has 23 nitrogen and oxygen atoms in total. The molecule has 734 valence electrons. The predicted molar refractivity (Wildman–Crippen MR) is 547 cm³/mol. The summed E-state index contributed by atoms with van der Waals surface area (Å²) in [6.07, 6.45) is 6.21. The topological polar surface area (TPSA) is 300 Å². The van der Waals surface area contributed by atoms with E-state index in [9.17, 15) is 37.5 Å². The molecular weight excluding hydrogens is 1990 g/mol. The van der Waals surface area contributed by atoms with Crippen LogP contribution in [0, 0.1) is 47.5 Å². The molecule has 6 aromatic carbocycles. The van der Waals surface area contributed by atoms with Crippen LogP contribution >= 0.6 is 99.0 Å². The first-order valence-electron chi connectivity index (χ1n) is 42.5. The second-order valence-electron chi connectivity index (χ2n) is 38.0. The van der Waals surface area contributed by atoms with E-state index in [4.69, 9.17) is 106 Å². The van der Waals surface area contributed by atoms with Crippen molar-refractivity contribution in [2.24, 2.45) is 35.5 Å². The Morgan fingerprint density at radius 2 is 0.817 bits per heavy atom. The van der Waals surface area contributed by atoms with Crippen molar-refractivity contribution in [3.8, 4) is 69.0 Å². The van der Waals surface area contributed by atoms with Gasteiger partial charge in [-0.3, -0.25) is 10.5 Å². The number of aromatic hydroxyl groups is 1. The van der Waals surface area contributed by atoms with Crippen LogP contribution < -0.4 is 110 Å². The van der Waals surface area contributed by atoms with E-state index in [-0.39, 0.29) is 112 Å². The Bertz CT molecular complexity index is 4650. The summed E-state index contributed by atoms with van der Waals surface area (Å²) in [6.45, 7) is 51.6. The number of hydrogen-bond acceptors (Lipinski definition) is 23. The third-order valence-corrected chi connectivity index (χ3v) is 44.5. The maximum Gasteiger partial charge on any atom is 2.00 e. The summed E-state index contributed by atoms with van der Waals surface area (Å²) < 4.78 is 136. The number of methoxy groups -OCH3 is 7. The van der Waals surface area contributed by atoms with Crippen LogP contribution in [0.3, 0.4) is 0 Å². The van der Waals surface area contributed by atoms with Gasteiger partial charge in [-0.1, -0.05) is 240 Å². The number of phenolic OH excluding ortho intramolecular Hbond substituents is 1. The Morgan fingerprint density at radius 1 is 0.519 bits per heavy atom. The molecule has 0 bridgehead atoms. The molecule has 0 spiro atoms. The Morgan fingerprint density at radius 3 is 1.13 bits per heavy atom. The molecule has 0 aromatic heterocycles. The van der Waals surface area contributed by atoms with Gasteiger partial charge in [0.25, 0.3) is 0 Å². The first kappa shape index (κ1) is 130. The Kier molecular flexibility index (Phi) is 57.4. The van der Waals surface area contributed by atoms with Crippen molar-refractivity contribution in [2.75, 3.05) is 86.3 Å². The Hall–Kier alpha value is -3.39. The van der Waals surface area contributed by atoms with Crippen LogP contribution in [0.1, 0.15) is 205 Å². The zero-order valence-electron chi connectivity index (χ0n) is 83.9. The molecule has 3 unspecified atom stereocenters. The summed E-state index contributed by atoms with van der Waals surface area (Å²) in [5, 5.41) is 23.2. The second kappa shape index (κ2) is 58.0. The van der Waals surface area contributed by atoms with Gasteiger partial charge in [0.15, 0.2) is 21.4 Å². The summed E-state index contributed by atoms with van der Waals surface area (Å²) in [4.78, 5) is 23.4. The average Bonchev–Trinajstić information content (AvgIpc) is 0.947. The number of hydrogen-bond donors (Lipinski definition) is 3. The van der Waals surface area contributed by atoms with Crippen molar-refractivity contribution in [3.05, 3.63) is 121 Å². The van der Waals surface area contributed by atoms with Gasteiger partial charge in [-0.05, 0) is 135 Å². The molecule has 36 heteroatoms. The molecule has 131 heavy (non-hydrogen) atoms. The first-order valence-corrected chi connectivity index (χ1v) is 57.7. The molecule has 3 N–H and O–H groups in total. The van der Waals surface area contributed by atoms with Gasteiger partial charge < -0.3 is 108 Å². The molecule has 0 amide bonds. The van der Waals surface area contributed by atoms with Gasteiger partial charge in [-0.2, -0.15) is 26.8 Å². The number of alkyl halides is 1. The van der Waals surface area contributed by atoms with Crippen molar-refractivity contribution >= 4 is 160 Å². The predicted octanol–water partition coefficient (Wildman–Crippen LogP) is 21.2. The molecule has 3 aliphatic heterocycles. The van der Waals surface area contributed by atoms with E-state index in [1.807, 2.05) is 177 Å². The molecule has 11 rings (SSSR count). The number of carbonyl (C=O) groups is 2. The van der Waals surface area contributed by atoms with Gasteiger partial charge in [0.05, 0.1) is 81.8 Å². The molecule has 5 aliphatic rings. The fraction of sp³-hybridized carbons (Fsp3) is 0.589. The van der Waals surface area contributed by atoms with Crippen LogP contribution in [0.15, 0.2) is 109 Å². The Balaban J connectivity index is 0. The number of fused-ring (bicyclic) bond motifs is 3. The van der Waals surface area contributed by atoms with Gasteiger partial charge >= 0.3 is 53.5 Å². The molecule has 6 aromatic rings.